The van der Waals surface area contributed by atoms with Crippen molar-refractivity contribution in [2.75, 3.05) is 7.05 Å². The Hall–Kier alpha value is -5.24. The van der Waals surface area contributed by atoms with Crippen LogP contribution in [0.25, 0.3) is 71.3 Å². The fraction of sp³-hybridized carbons (Fsp3) is 0.0909. The Morgan fingerprint density at radius 1 is 0.489 bits per heavy atom. The Kier molecular flexibility index (Phi) is 8.73. The smallest absolute Gasteiger partial charge is 0.00201 e. The van der Waals surface area contributed by atoms with Gasteiger partial charge in [0, 0.05) is 0 Å². The Labute approximate surface area is 267 Å². The standard InChI is InChI=1S/C43H34.CH5N/c1-4-13-30(5-2)32-14-10-15-33(28-32)42-38-16-6-8-18-40(38)43(41-19-9-7-17-39(41)42)37-23-12-21-35-34(20-11-22-36(35)37)31-26-24-29(3)25-27-31;1-2/h4-28H,1-3H3;2H2,1H3/b13-4+,30-5+;. The van der Waals surface area contributed by atoms with Gasteiger partial charge in [0.1, 0.15) is 0 Å². The van der Waals surface area contributed by atoms with Crippen LogP contribution in [-0.2, 0) is 0 Å². The molecule has 0 fully saturated rings. The highest BCUT2D eigenvalue weighted by atomic mass is 14.4. The molecule has 0 atom stereocenters. The van der Waals surface area contributed by atoms with Gasteiger partial charge < -0.3 is 5.73 Å². The number of fused-ring (bicyclic) bond motifs is 3. The average Bonchev–Trinajstić information content (AvgIpc) is 3.10. The fourth-order valence-corrected chi connectivity index (χ4v) is 6.64. The highest BCUT2D eigenvalue weighted by Gasteiger charge is 2.18. The van der Waals surface area contributed by atoms with Gasteiger partial charge in [0.25, 0.3) is 0 Å². The second-order valence-corrected chi connectivity index (χ2v) is 11.2. The first-order valence-corrected chi connectivity index (χ1v) is 15.7. The summed E-state index contributed by atoms with van der Waals surface area (Å²) in [5.74, 6) is 0. The molecule has 45 heavy (non-hydrogen) atoms. The zero-order chi connectivity index (χ0) is 31.3. The summed E-state index contributed by atoms with van der Waals surface area (Å²) in [6.07, 6.45) is 6.48. The van der Waals surface area contributed by atoms with Gasteiger partial charge in [0.05, 0.1) is 0 Å². The van der Waals surface area contributed by atoms with Crippen molar-refractivity contribution in [2.24, 2.45) is 5.73 Å². The Morgan fingerprint density at radius 3 is 1.58 bits per heavy atom. The van der Waals surface area contributed by atoms with Gasteiger partial charge in [0.15, 0.2) is 0 Å². The van der Waals surface area contributed by atoms with E-state index in [2.05, 4.69) is 178 Å². The van der Waals surface area contributed by atoms with Gasteiger partial charge >= 0.3 is 0 Å². The second kappa shape index (κ2) is 13.2. The molecule has 0 bridgehead atoms. The third-order valence-electron chi connectivity index (χ3n) is 8.63. The molecule has 1 nitrogen and oxygen atoms in total. The van der Waals surface area contributed by atoms with Crippen LogP contribution in [0.4, 0.5) is 0 Å². The number of hydrogen-bond donors (Lipinski definition) is 1. The lowest BCUT2D eigenvalue weighted by Crippen LogP contribution is -1.92. The topological polar surface area (TPSA) is 26.0 Å². The van der Waals surface area contributed by atoms with Gasteiger partial charge in [-0.15, -0.1) is 0 Å². The normalized spacial score (nSPS) is 11.7. The van der Waals surface area contributed by atoms with Crippen molar-refractivity contribution in [2.45, 2.75) is 20.8 Å². The van der Waals surface area contributed by atoms with Crippen LogP contribution < -0.4 is 5.73 Å². The fourth-order valence-electron chi connectivity index (χ4n) is 6.64. The molecule has 220 valence electrons. The number of rotatable bonds is 5. The van der Waals surface area contributed by atoms with E-state index >= 15 is 0 Å². The minimum Gasteiger partial charge on any atom is -0.333 e. The Balaban J connectivity index is 0.00000175. The van der Waals surface area contributed by atoms with E-state index in [4.69, 9.17) is 0 Å². The van der Waals surface area contributed by atoms with Crippen LogP contribution >= 0.6 is 0 Å². The molecule has 2 N–H and O–H groups in total. The molecule has 0 saturated carbocycles. The van der Waals surface area contributed by atoms with Crippen molar-refractivity contribution >= 4 is 37.9 Å². The summed E-state index contributed by atoms with van der Waals surface area (Å²) >= 11 is 0. The largest absolute Gasteiger partial charge is 0.333 e. The quantitative estimate of drug-likeness (QED) is 0.159. The zero-order valence-electron chi connectivity index (χ0n) is 26.5. The summed E-state index contributed by atoms with van der Waals surface area (Å²) in [5, 5.41) is 7.64. The maximum absolute atomic E-state index is 4.50. The van der Waals surface area contributed by atoms with E-state index in [9.17, 15) is 0 Å². The van der Waals surface area contributed by atoms with Gasteiger partial charge in [-0.25, -0.2) is 0 Å². The first-order chi connectivity index (χ1) is 22.2. The van der Waals surface area contributed by atoms with Gasteiger partial charge in [-0.05, 0) is 111 Å². The molecule has 7 aromatic carbocycles. The molecule has 7 rings (SSSR count). The zero-order valence-corrected chi connectivity index (χ0v) is 26.5. The molecule has 1 heteroatoms. The molecule has 0 aliphatic rings. The highest BCUT2D eigenvalue weighted by Crippen LogP contribution is 2.46. The van der Waals surface area contributed by atoms with Crippen molar-refractivity contribution < 1.29 is 0 Å². The summed E-state index contributed by atoms with van der Waals surface area (Å²) in [7, 11) is 1.50. The van der Waals surface area contributed by atoms with E-state index in [0.717, 1.165) is 0 Å². The van der Waals surface area contributed by atoms with Crippen molar-refractivity contribution in [1.82, 2.24) is 0 Å². The van der Waals surface area contributed by atoms with E-state index in [1.54, 1.807) is 0 Å². The summed E-state index contributed by atoms with van der Waals surface area (Å²) in [4.78, 5) is 0. The number of nitrogens with two attached hydrogens (primary N) is 1. The third kappa shape index (κ3) is 5.48. The molecule has 0 unspecified atom stereocenters. The van der Waals surface area contributed by atoms with Crippen LogP contribution in [0.15, 0.2) is 152 Å². The number of hydrogen-bond acceptors (Lipinski definition) is 1. The Bertz CT molecular complexity index is 2140. The van der Waals surface area contributed by atoms with Gasteiger partial charge in [0.2, 0.25) is 0 Å². The lowest BCUT2D eigenvalue weighted by molar-refractivity contribution is 1.47. The molecule has 0 radical (unpaired) electrons. The van der Waals surface area contributed by atoms with Crippen molar-refractivity contribution in [3.8, 4) is 33.4 Å². The summed E-state index contributed by atoms with van der Waals surface area (Å²) < 4.78 is 0. The van der Waals surface area contributed by atoms with Gasteiger partial charge in [-0.3, -0.25) is 0 Å². The minimum absolute atomic E-state index is 1.23. The molecule has 0 aliphatic heterocycles. The molecule has 0 aliphatic carbocycles. The number of allylic oxidation sites excluding steroid dienone is 4. The summed E-state index contributed by atoms with van der Waals surface area (Å²) in [6.45, 7) is 6.32. The molecular formula is C44H39N. The molecule has 0 heterocycles. The Morgan fingerprint density at radius 2 is 1.00 bits per heavy atom. The summed E-state index contributed by atoms with van der Waals surface area (Å²) in [6, 6.07) is 49.2. The lowest BCUT2D eigenvalue weighted by Gasteiger charge is -2.19. The van der Waals surface area contributed by atoms with E-state index < -0.39 is 0 Å². The average molecular weight is 582 g/mol. The van der Waals surface area contributed by atoms with Gasteiger partial charge in [-0.1, -0.05) is 151 Å². The minimum atomic E-state index is 1.23. The van der Waals surface area contributed by atoms with Crippen LogP contribution in [0.3, 0.4) is 0 Å². The predicted octanol–water partition coefficient (Wildman–Crippen LogP) is 12.0. The van der Waals surface area contributed by atoms with Crippen molar-refractivity contribution in [3.63, 3.8) is 0 Å². The molecule has 0 saturated heterocycles. The van der Waals surface area contributed by atoms with Crippen LogP contribution in [0.1, 0.15) is 25.0 Å². The third-order valence-corrected chi connectivity index (χ3v) is 8.63. The molecular weight excluding hydrogens is 542 g/mol. The number of benzene rings is 7. The first-order valence-electron chi connectivity index (χ1n) is 15.7. The second-order valence-electron chi connectivity index (χ2n) is 11.2. The van der Waals surface area contributed by atoms with Crippen LogP contribution in [0, 0.1) is 6.92 Å². The molecule has 0 amide bonds. The molecule has 7 aromatic rings. The van der Waals surface area contributed by atoms with Crippen molar-refractivity contribution in [1.29, 1.82) is 0 Å². The maximum atomic E-state index is 4.50. The first kappa shape index (κ1) is 29.8. The monoisotopic (exact) mass is 581 g/mol. The predicted molar refractivity (Wildman–Crippen MR) is 199 cm³/mol. The number of aryl methyl sites for hydroxylation is 1. The highest BCUT2D eigenvalue weighted by molar-refractivity contribution is 6.24. The van der Waals surface area contributed by atoms with Crippen molar-refractivity contribution in [3.05, 3.63) is 163 Å². The van der Waals surface area contributed by atoms with Gasteiger partial charge in [-0.2, -0.15) is 0 Å². The lowest BCUT2D eigenvalue weighted by atomic mass is 9.83. The van der Waals surface area contributed by atoms with E-state index in [-0.39, 0.29) is 0 Å². The maximum Gasteiger partial charge on any atom is -0.00201 e. The van der Waals surface area contributed by atoms with Crippen LogP contribution in [-0.4, -0.2) is 7.05 Å². The van der Waals surface area contributed by atoms with Crippen LogP contribution in [0.5, 0.6) is 0 Å². The molecule has 0 aromatic heterocycles. The van der Waals surface area contributed by atoms with E-state index in [0.29, 0.717) is 0 Å². The van der Waals surface area contributed by atoms with Crippen LogP contribution in [0.2, 0.25) is 0 Å². The molecule has 0 spiro atoms. The summed E-state index contributed by atoms with van der Waals surface area (Å²) in [5.41, 5.74) is 15.8. The SMILES string of the molecule is C/C=C/C(=C\C)c1cccc(-c2c3ccccc3c(-c3cccc4c(-c5ccc(C)cc5)cccc34)c3ccccc23)c1.CN. The van der Waals surface area contributed by atoms with E-state index in [1.165, 1.54) is 89.4 Å². The van der Waals surface area contributed by atoms with E-state index in [1.807, 2.05) is 0 Å².